The summed E-state index contributed by atoms with van der Waals surface area (Å²) in [5.41, 5.74) is 0. The summed E-state index contributed by atoms with van der Waals surface area (Å²) in [6.07, 6.45) is 3.60. The van der Waals surface area contributed by atoms with E-state index in [-0.39, 0.29) is 0 Å². The number of hydrogen-bond acceptors (Lipinski definition) is 2. The number of hydrogen-bond donors (Lipinski definition) is 0. The Morgan fingerprint density at radius 2 is 2.20 bits per heavy atom. The molecule has 0 saturated heterocycles. The topological polar surface area (TPSA) is 40.9 Å². The van der Waals surface area contributed by atoms with Crippen molar-refractivity contribution in [2.24, 2.45) is 0 Å². The van der Waals surface area contributed by atoms with Crippen LogP contribution < -0.4 is 0 Å². The number of nitriles is 1. The molecule has 0 spiro atoms. The van der Waals surface area contributed by atoms with Crippen molar-refractivity contribution in [2.45, 2.75) is 39.0 Å². The minimum atomic E-state index is 0.304. The largest absolute Gasteiger partial charge is 0.300 e. The van der Waals surface area contributed by atoms with Gasteiger partial charge < -0.3 is 0 Å². The molecule has 56 valence electrons. The minimum absolute atomic E-state index is 0.304. The maximum Gasteiger partial charge on any atom is 0.132 e. The third kappa shape index (κ3) is 5.30. The molecule has 0 amide bonds. The normalized spacial score (nSPS) is 8.80. The van der Waals surface area contributed by atoms with Crippen molar-refractivity contribution < 1.29 is 4.79 Å². The van der Waals surface area contributed by atoms with E-state index in [4.69, 9.17) is 5.26 Å². The number of nitrogens with zero attached hydrogens (tertiary/aromatic N) is 1. The standard InChI is InChI=1S/C8H13NO/c1-2-8(10)6-4-3-5-7-9/h2-6H2,1H3. The van der Waals surface area contributed by atoms with Gasteiger partial charge in [-0.1, -0.05) is 6.92 Å². The van der Waals surface area contributed by atoms with Gasteiger partial charge in [-0.05, 0) is 12.8 Å². The lowest BCUT2D eigenvalue weighted by Crippen LogP contribution is -1.93. The number of ketones is 1. The molecular weight excluding hydrogens is 126 g/mol. The zero-order valence-corrected chi connectivity index (χ0v) is 6.39. The Kier molecular flexibility index (Phi) is 5.75. The number of Topliss-reactive ketones (excluding diaryl/α,β-unsaturated/α-hetero) is 1. The molecule has 0 radical (unpaired) electrons. The highest BCUT2D eigenvalue weighted by molar-refractivity contribution is 5.77. The van der Waals surface area contributed by atoms with Crippen LogP contribution in [0.25, 0.3) is 0 Å². The molecule has 0 N–H and O–H groups in total. The van der Waals surface area contributed by atoms with Gasteiger partial charge in [-0.3, -0.25) is 4.79 Å². The van der Waals surface area contributed by atoms with Crippen LogP contribution in [0.2, 0.25) is 0 Å². The first-order chi connectivity index (χ1) is 4.81. The van der Waals surface area contributed by atoms with Crippen molar-refractivity contribution in [2.75, 3.05) is 0 Å². The molecule has 0 aromatic carbocycles. The van der Waals surface area contributed by atoms with E-state index in [0.717, 1.165) is 12.8 Å². The Morgan fingerprint density at radius 1 is 1.50 bits per heavy atom. The van der Waals surface area contributed by atoms with Crippen LogP contribution in [0.15, 0.2) is 0 Å². The lowest BCUT2D eigenvalue weighted by atomic mass is 10.1. The van der Waals surface area contributed by atoms with Crippen LogP contribution >= 0.6 is 0 Å². The molecule has 0 aliphatic heterocycles. The van der Waals surface area contributed by atoms with E-state index < -0.39 is 0 Å². The molecule has 0 rings (SSSR count). The maximum absolute atomic E-state index is 10.7. The van der Waals surface area contributed by atoms with Gasteiger partial charge in [0.05, 0.1) is 6.07 Å². The van der Waals surface area contributed by atoms with Gasteiger partial charge in [-0.15, -0.1) is 0 Å². The predicted octanol–water partition coefficient (Wildman–Crippen LogP) is 2.05. The van der Waals surface area contributed by atoms with E-state index in [2.05, 4.69) is 0 Å². The number of carbonyl (C=O) groups is 1. The summed E-state index contributed by atoms with van der Waals surface area (Å²) in [7, 11) is 0. The molecule has 0 fully saturated rings. The van der Waals surface area contributed by atoms with Gasteiger partial charge in [0.1, 0.15) is 5.78 Å². The highest BCUT2D eigenvalue weighted by atomic mass is 16.1. The van der Waals surface area contributed by atoms with E-state index in [1.54, 1.807) is 0 Å². The summed E-state index contributed by atoms with van der Waals surface area (Å²) in [5.74, 6) is 0.304. The van der Waals surface area contributed by atoms with Crippen LogP contribution in [-0.4, -0.2) is 5.78 Å². The molecule has 0 aromatic rings. The van der Waals surface area contributed by atoms with Crippen molar-refractivity contribution in [3.05, 3.63) is 0 Å². The Morgan fingerprint density at radius 3 is 2.70 bits per heavy atom. The summed E-state index contributed by atoms with van der Waals surface area (Å²) in [6.45, 7) is 1.87. The Labute approximate surface area is 61.8 Å². The third-order valence-electron chi connectivity index (χ3n) is 1.39. The van der Waals surface area contributed by atoms with Crippen molar-refractivity contribution >= 4 is 5.78 Å². The summed E-state index contributed by atoms with van der Waals surface area (Å²) in [4.78, 5) is 10.7. The zero-order chi connectivity index (χ0) is 7.82. The maximum atomic E-state index is 10.7. The molecular formula is C8H13NO. The lowest BCUT2D eigenvalue weighted by molar-refractivity contribution is -0.118. The van der Waals surface area contributed by atoms with Gasteiger partial charge in [0.25, 0.3) is 0 Å². The summed E-state index contributed by atoms with van der Waals surface area (Å²) in [5, 5.41) is 8.15. The van der Waals surface area contributed by atoms with E-state index in [1.807, 2.05) is 13.0 Å². The van der Waals surface area contributed by atoms with Crippen LogP contribution in [0.5, 0.6) is 0 Å². The fraction of sp³-hybridized carbons (Fsp3) is 0.750. The molecule has 0 bridgehead atoms. The lowest BCUT2D eigenvalue weighted by Gasteiger charge is -1.93. The molecule has 0 aromatic heterocycles. The average Bonchev–Trinajstić information content (AvgIpc) is 1.98. The molecule has 0 atom stereocenters. The third-order valence-corrected chi connectivity index (χ3v) is 1.39. The highest BCUT2D eigenvalue weighted by Crippen LogP contribution is 2.00. The van der Waals surface area contributed by atoms with Gasteiger partial charge >= 0.3 is 0 Å². The molecule has 2 heteroatoms. The van der Waals surface area contributed by atoms with Crippen molar-refractivity contribution in [1.29, 1.82) is 5.26 Å². The molecule has 0 aliphatic rings. The van der Waals surface area contributed by atoms with Crippen LogP contribution in [0, 0.1) is 11.3 Å². The fourth-order valence-corrected chi connectivity index (χ4v) is 0.703. The molecule has 0 saturated carbocycles. The van der Waals surface area contributed by atoms with E-state index in [9.17, 15) is 4.79 Å². The van der Waals surface area contributed by atoms with E-state index in [0.29, 0.717) is 25.0 Å². The Hall–Kier alpha value is -0.840. The second-order valence-corrected chi connectivity index (χ2v) is 2.26. The predicted molar refractivity (Wildman–Crippen MR) is 39.4 cm³/mol. The Bertz CT molecular complexity index is 135. The zero-order valence-electron chi connectivity index (χ0n) is 6.39. The number of rotatable bonds is 5. The fourth-order valence-electron chi connectivity index (χ4n) is 0.703. The van der Waals surface area contributed by atoms with Crippen LogP contribution in [0.1, 0.15) is 39.0 Å². The SMILES string of the molecule is CCC(=O)CCCCC#N. The van der Waals surface area contributed by atoms with Crippen LogP contribution in [0.3, 0.4) is 0 Å². The summed E-state index contributed by atoms with van der Waals surface area (Å²) >= 11 is 0. The number of unbranched alkanes of at least 4 members (excludes halogenated alkanes) is 2. The van der Waals surface area contributed by atoms with Crippen molar-refractivity contribution in [3.63, 3.8) is 0 Å². The first-order valence-electron chi connectivity index (χ1n) is 3.70. The van der Waals surface area contributed by atoms with Gasteiger partial charge in [0.15, 0.2) is 0 Å². The van der Waals surface area contributed by atoms with Crippen LogP contribution in [-0.2, 0) is 4.79 Å². The first-order valence-corrected chi connectivity index (χ1v) is 3.70. The van der Waals surface area contributed by atoms with E-state index >= 15 is 0 Å². The highest BCUT2D eigenvalue weighted by Gasteiger charge is 1.95. The molecule has 0 aliphatic carbocycles. The Balaban J connectivity index is 3.05. The van der Waals surface area contributed by atoms with Gasteiger partial charge in [-0.2, -0.15) is 5.26 Å². The van der Waals surface area contributed by atoms with Crippen molar-refractivity contribution in [1.82, 2.24) is 0 Å². The van der Waals surface area contributed by atoms with Crippen molar-refractivity contribution in [3.8, 4) is 6.07 Å². The van der Waals surface area contributed by atoms with Gasteiger partial charge in [-0.25, -0.2) is 0 Å². The first kappa shape index (κ1) is 9.16. The minimum Gasteiger partial charge on any atom is -0.300 e. The quantitative estimate of drug-likeness (QED) is 0.547. The van der Waals surface area contributed by atoms with Gasteiger partial charge in [0, 0.05) is 19.3 Å². The number of carbonyl (C=O) groups excluding carboxylic acids is 1. The molecule has 10 heavy (non-hydrogen) atoms. The summed E-state index contributed by atoms with van der Waals surface area (Å²) in [6, 6.07) is 2.05. The second kappa shape index (κ2) is 6.28. The smallest absolute Gasteiger partial charge is 0.132 e. The molecule has 0 unspecified atom stereocenters. The van der Waals surface area contributed by atoms with Gasteiger partial charge in [0.2, 0.25) is 0 Å². The second-order valence-electron chi connectivity index (χ2n) is 2.26. The van der Waals surface area contributed by atoms with Crippen LogP contribution in [0.4, 0.5) is 0 Å². The summed E-state index contributed by atoms with van der Waals surface area (Å²) < 4.78 is 0. The monoisotopic (exact) mass is 139 g/mol. The van der Waals surface area contributed by atoms with E-state index in [1.165, 1.54) is 0 Å². The molecule has 2 nitrogen and oxygen atoms in total. The average molecular weight is 139 g/mol. The molecule has 0 heterocycles.